The molecule has 0 N–H and O–H groups in total. The highest BCUT2D eigenvalue weighted by molar-refractivity contribution is 5.54. The molecule has 0 spiro atoms. The first-order valence-electron chi connectivity index (χ1n) is 10.5. The topological polar surface area (TPSA) is 51.6 Å². The molecular formula is C26H26N4. The van der Waals surface area contributed by atoms with Crippen LogP contribution in [0.1, 0.15) is 35.4 Å². The smallest absolute Gasteiger partial charge is 0.0889 e. The first-order chi connectivity index (χ1) is 14.7. The Labute approximate surface area is 178 Å². The number of pyridine rings is 4. The number of nitrogens with zero attached hydrogens (tertiary/aromatic N) is 4. The average Bonchev–Trinajstić information content (AvgIpc) is 2.78. The Bertz CT molecular complexity index is 1010. The lowest BCUT2D eigenvalue weighted by molar-refractivity contribution is 0.731. The highest BCUT2D eigenvalue weighted by Gasteiger charge is 2.04. The molecule has 0 saturated carbocycles. The highest BCUT2D eigenvalue weighted by Crippen LogP contribution is 2.18. The van der Waals surface area contributed by atoms with Crippen LogP contribution in [0, 0.1) is 13.8 Å². The van der Waals surface area contributed by atoms with E-state index in [-0.39, 0.29) is 0 Å². The van der Waals surface area contributed by atoms with Crippen LogP contribution in [0.2, 0.25) is 0 Å². The number of rotatable bonds is 7. The van der Waals surface area contributed by atoms with Gasteiger partial charge >= 0.3 is 0 Å². The third-order valence-electron chi connectivity index (χ3n) is 5.13. The maximum atomic E-state index is 4.59. The van der Waals surface area contributed by atoms with Gasteiger partial charge in [0.1, 0.15) is 0 Å². The minimum Gasteiger partial charge on any atom is -0.254 e. The van der Waals surface area contributed by atoms with Crippen molar-refractivity contribution in [2.24, 2.45) is 0 Å². The summed E-state index contributed by atoms with van der Waals surface area (Å²) in [5, 5.41) is 0. The molecule has 0 unspecified atom stereocenters. The van der Waals surface area contributed by atoms with E-state index in [4.69, 9.17) is 0 Å². The van der Waals surface area contributed by atoms with Crippen molar-refractivity contribution in [2.75, 3.05) is 0 Å². The third-order valence-corrected chi connectivity index (χ3v) is 5.13. The molecule has 0 aliphatic rings. The molecule has 0 fully saturated rings. The predicted octanol–water partition coefficient (Wildman–Crippen LogP) is 5.78. The van der Waals surface area contributed by atoms with Crippen LogP contribution in [0.3, 0.4) is 0 Å². The van der Waals surface area contributed by atoms with E-state index in [1.807, 2.05) is 62.6 Å². The van der Waals surface area contributed by atoms with Gasteiger partial charge in [-0.05, 0) is 87.1 Å². The Morgan fingerprint density at radius 3 is 1.37 bits per heavy atom. The van der Waals surface area contributed by atoms with Crippen LogP contribution >= 0.6 is 0 Å². The van der Waals surface area contributed by atoms with Crippen molar-refractivity contribution < 1.29 is 0 Å². The van der Waals surface area contributed by atoms with Crippen LogP contribution in [0.5, 0.6) is 0 Å². The summed E-state index contributed by atoms with van der Waals surface area (Å²) in [5.41, 5.74) is 8.27. The van der Waals surface area contributed by atoms with E-state index in [1.54, 1.807) is 0 Å². The Morgan fingerprint density at radius 2 is 1.00 bits per heavy atom. The summed E-state index contributed by atoms with van der Waals surface area (Å²) in [5.74, 6) is 0. The first kappa shape index (κ1) is 19.9. The largest absolute Gasteiger partial charge is 0.254 e. The van der Waals surface area contributed by atoms with Crippen molar-refractivity contribution in [2.45, 2.75) is 39.5 Å². The fourth-order valence-corrected chi connectivity index (χ4v) is 3.48. The zero-order chi connectivity index (χ0) is 20.8. The van der Waals surface area contributed by atoms with E-state index < -0.39 is 0 Å². The van der Waals surface area contributed by atoms with E-state index in [9.17, 15) is 0 Å². The van der Waals surface area contributed by atoms with Gasteiger partial charge in [0, 0.05) is 23.8 Å². The van der Waals surface area contributed by atoms with E-state index >= 15 is 0 Å². The molecule has 0 aliphatic heterocycles. The SMILES string of the molecule is Cc1cccc(-c2ccc(CCCCc3ccc(-c4cccc(C)n4)nc3)cn2)n1. The zero-order valence-corrected chi connectivity index (χ0v) is 17.5. The molecule has 0 atom stereocenters. The van der Waals surface area contributed by atoms with Crippen LogP contribution in [0.4, 0.5) is 0 Å². The minimum atomic E-state index is 0.928. The fourth-order valence-electron chi connectivity index (χ4n) is 3.48. The monoisotopic (exact) mass is 394 g/mol. The van der Waals surface area contributed by atoms with Gasteiger partial charge in [0.15, 0.2) is 0 Å². The number of aryl methyl sites for hydroxylation is 4. The lowest BCUT2D eigenvalue weighted by Crippen LogP contribution is -1.94. The molecule has 0 bridgehead atoms. The fraction of sp³-hybridized carbons (Fsp3) is 0.231. The molecule has 0 saturated heterocycles. The van der Waals surface area contributed by atoms with Crippen molar-refractivity contribution in [3.05, 3.63) is 95.6 Å². The summed E-state index contributed by atoms with van der Waals surface area (Å²) in [6.07, 6.45) is 8.28. The molecule has 4 heterocycles. The molecule has 30 heavy (non-hydrogen) atoms. The quantitative estimate of drug-likeness (QED) is 0.373. The molecule has 0 amide bonds. The molecule has 4 rings (SSSR count). The minimum absolute atomic E-state index is 0.928. The molecule has 150 valence electrons. The molecule has 4 aromatic rings. The van der Waals surface area contributed by atoms with Crippen molar-refractivity contribution in [1.29, 1.82) is 0 Å². The van der Waals surface area contributed by atoms with E-state index in [1.165, 1.54) is 11.1 Å². The number of hydrogen-bond donors (Lipinski definition) is 0. The number of aromatic nitrogens is 4. The van der Waals surface area contributed by atoms with Crippen LogP contribution in [-0.4, -0.2) is 19.9 Å². The Balaban J connectivity index is 1.27. The summed E-state index contributed by atoms with van der Waals surface area (Å²) in [4.78, 5) is 18.3. The van der Waals surface area contributed by atoms with Crippen molar-refractivity contribution in [3.63, 3.8) is 0 Å². The molecule has 0 aromatic carbocycles. The Hall–Kier alpha value is -3.40. The highest BCUT2D eigenvalue weighted by atomic mass is 14.8. The van der Waals surface area contributed by atoms with Crippen LogP contribution < -0.4 is 0 Å². The number of unbranched alkanes of at least 4 members (excludes halogenated alkanes) is 1. The van der Waals surface area contributed by atoms with Gasteiger partial charge in [0.2, 0.25) is 0 Å². The lowest BCUT2D eigenvalue weighted by atomic mass is 10.0. The van der Waals surface area contributed by atoms with Crippen molar-refractivity contribution in [3.8, 4) is 22.8 Å². The normalized spacial score (nSPS) is 10.9. The Kier molecular flexibility index (Phi) is 6.23. The summed E-state index contributed by atoms with van der Waals surface area (Å²) in [6.45, 7) is 4.00. The van der Waals surface area contributed by atoms with Gasteiger partial charge in [-0.1, -0.05) is 24.3 Å². The molecule has 4 heteroatoms. The maximum absolute atomic E-state index is 4.59. The summed E-state index contributed by atoms with van der Waals surface area (Å²) in [6, 6.07) is 20.5. The van der Waals surface area contributed by atoms with E-state index in [0.717, 1.165) is 59.8 Å². The summed E-state index contributed by atoms with van der Waals surface area (Å²) >= 11 is 0. The number of hydrogen-bond acceptors (Lipinski definition) is 4. The summed E-state index contributed by atoms with van der Waals surface area (Å²) < 4.78 is 0. The molecule has 4 nitrogen and oxygen atoms in total. The van der Waals surface area contributed by atoms with Gasteiger partial charge in [-0.25, -0.2) is 0 Å². The standard InChI is InChI=1S/C26H26N4/c1-19-7-5-11-25(29-19)23-15-13-21(17-27-23)9-3-4-10-22-14-16-24(28-18-22)26-12-6-8-20(2)30-26/h5-8,11-18H,3-4,9-10H2,1-2H3. The van der Waals surface area contributed by atoms with Crippen molar-refractivity contribution in [1.82, 2.24) is 19.9 Å². The average molecular weight is 395 g/mol. The third kappa shape index (κ3) is 5.15. The van der Waals surface area contributed by atoms with Gasteiger partial charge in [0.05, 0.1) is 22.8 Å². The lowest BCUT2D eigenvalue weighted by Gasteiger charge is -2.06. The van der Waals surface area contributed by atoms with E-state index in [2.05, 4.69) is 44.2 Å². The summed E-state index contributed by atoms with van der Waals surface area (Å²) in [7, 11) is 0. The van der Waals surface area contributed by atoms with Gasteiger partial charge in [-0.2, -0.15) is 0 Å². The molecular weight excluding hydrogens is 368 g/mol. The van der Waals surface area contributed by atoms with Crippen LogP contribution in [0.25, 0.3) is 22.8 Å². The molecule has 0 aliphatic carbocycles. The zero-order valence-electron chi connectivity index (χ0n) is 17.5. The second-order valence-electron chi connectivity index (χ2n) is 7.64. The van der Waals surface area contributed by atoms with E-state index in [0.29, 0.717) is 0 Å². The maximum Gasteiger partial charge on any atom is 0.0889 e. The second kappa shape index (κ2) is 9.40. The molecule has 4 aromatic heterocycles. The first-order valence-corrected chi connectivity index (χ1v) is 10.5. The predicted molar refractivity (Wildman–Crippen MR) is 121 cm³/mol. The van der Waals surface area contributed by atoms with Gasteiger partial charge in [0.25, 0.3) is 0 Å². The Morgan fingerprint density at radius 1 is 0.533 bits per heavy atom. The van der Waals surface area contributed by atoms with Crippen molar-refractivity contribution >= 4 is 0 Å². The van der Waals surface area contributed by atoms with Crippen LogP contribution in [-0.2, 0) is 12.8 Å². The van der Waals surface area contributed by atoms with Crippen LogP contribution in [0.15, 0.2) is 73.1 Å². The van der Waals surface area contributed by atoms with Gasteiger partial charge in [-0.15, -0.1) is 0 Å². The van der Waals surface area contributed by atoms with Gasteiger partial charge in [-0.3, -0.25) is 19.9 Å². The molecule has 0 radical (unpaired) electrons. The second-order valence-corrected chi connectivity index (χ2v) is 7.64. The van der Waals surface area contributed by atoms with Gasteiger partial charge < -0.3 is 0 Å².